The van der Waals surface area contributed by atoms with E-state index in [1.54, 1.807) is 0 Å². The fourth-order valence-electron chi connectivity index (χ4n) is 3.42. The number of halogens is 2. The van der Waals surface area contributed by atoms with E-state index in [0.717, 1.165) is 40.6 Å². The average molecular weight is 391 g/mol. The van der Waals surface area contributed by atoms with Crippen LogP contribution < -0.4 is 5.32 Å². The molecule has 1 aromatic heterocycles. The van der Waals surface area contributed by atoms with E-state index in [-0.39, 0.29) is 5.56 Å². The number of benzene rings is 3. The zero-order valence-electron chi connectivity index (χ0n) is 15.8. The Morgan fingerprint density at radius 2 is 1.66 bits per heavy atom. The molecule has 0 saturated carbocycles. The van der Waals surface area contributed by atoms with Gasteiger partial charge in [-0.25, -0.2) is 13.8 Å². The minimum absolute atomic E-state index is 0.0616. The molecule has 1 amide bonds. The summed E-state index contributed by atoms with van der Waals surface area (Å²) in [4.78, 5) is 17.4. The molecule has 1 atom stereocenters. The van der Waals surface area contributed by atoms with Gasteiger partial charge in [-0.1, -0.05) is 42.5 Å². The third-order valence-electron chi connectivity index (χ3n) is 4.90. The summed E-state index contributed by atoms with van der Waals surface area (Å²) in [5.74, 6) is -1.33. The summed E-state index contributed by atoms with van der Waals surface area (Å²) in [7, 11) is 1.93. The molecule has 4 rings (SSSR count). The van der Waals surface area contributed by atoms with Crippen LogP contribution in [0.4, 0.5) is 8.78 Å². The number of imidazole rings is 1. The molecule has 0 saturated heterocycles. The number of carbonyl (C=O) groups is 1. The third-order valence-corrected chi connectivity index (χ3v) is 4.90. The smallest absolute Gasteiger partial charge is 0.251 e. The van der Waals surface area contributed by atoms with Gasteiger partial charge in [-0.3, -0.25) is 4.79 Å². The van der Waals surface area contributed by atoms with Crippen molar-refractivity contribution in [2.45, 2.75) is 12.5 Å². The zero-order chi connectivity index (χ0) is 20.4. The molecule has 6 heteroatoms. The molecule has 1 N–H and O–H groups in total. The number of amides is 1. The van der Waals surface area contributed by atoms with Crippen LogP contribution in [-0.4, -0.2) is 15.5 Å². The van der Waals surface area contributed by atoms with Gasteiger partial charge < -0.3 is 9.88 Å². The number of rotatable bonds is 5. The van der Waals surface area contributed by atoms with Crippen molar-refractivity contribution in [1.29, 1.82) is 0 Å². The first-order valence-electron chi connectivity index (χ1n) is 9.23. The van der Waals surface area contributed by atoms with Crippen LogP contribution in [0.2, 0.25) is 0 Å². The van der Waals surface area contributed by atoms with Gasteiger partial charge in [0.15, 0.2) is 0 Å². The number of nitrogens with zero attached hydrogens (tertiary/aromatic N) is 2. The summed E-state index contributed by atoms with van der Waals surface area (Å²) in [6, 6.07) is 19.6. The molecule has 0 unspecified atom stereocenters. The van der Waals surface area contributed by atoms with E-state index >= 15 is 0 Å². The highest BCUT2D eigenvalue weighted by molar-refractivity contribution is 5.94. The van der Waals surface area contributed by atoms with E-state index in [9.17, 15) is 13.6 Å². The summed E-state index contributed by atoms with van der Waals surface area (Å²) in [6.45, 7) is 0. The lowest BCUT2D eigenvalue weighted by molar-refractivity contribution is 0.0935. The number of aryl methyl sites for hydroxylation is 1. The highest BCUT2D eigenvalue weighted by Crippen LogP contribution is 2.22. The van der Waals surface area contributed by atoms with Gasteiger partial charge in [0.25, 0.3) is 5.91 Å². The van der Waals surface area contributed by atoms with E-state index in [2.05, 4.69) is 10.3 Å². The van der Waals surface area contributed by atoms with Crippen molar-refractivity contribution in [3.05, 3.63) is 101 Å². The maximum atomic E-state index is 13.5. The van der Waals surface area contributed by atoms with Crippen molar-refractivity contribution in [2.24, 2.45) is 7.05 Å². The highest BCUT2D eigenvalue weighted by atomic mass is 19.1. The fourth-order valence-corrected chi connectivity index (χ4v) is 3.42. The van der Waals surface area contributed by atoms with E-state index < -0.39 is 23.6 Å². The van der Waals surface area contributed by atoms with Gasteiger partial charge in [0.2, 0.25) is 0 Å². The fraction of sp³-hybridized carbons (Fsp3) is 0.130. The molecule has 0 bridgehead atoms. The Labute approximate surface area is 166 Å². The summed E-state index contributed by atoms with van der Waals surface area (Å²) in [6.07, 6.45) is 0.429. The van der Waals surface area contributed by atoms with Gasteiger partial charge in [0.1, 0.15) is 17.5 Å². The monoisotopic (exact) mass is 391 g/mol. The first-order valence-corrected chi connectivity index (χ1v) is 9.23. The standard InChI is InChI=1S/C23H19F2N3O/c1-28-21-10-6-5-9-19(21)26-22(28)14-20(15-7-3-2-4-8-15)27-23(29)16-11-17(24)13-18(25)12-16/h2-13,20H,14H2,1H3,(H,27,29)/t20-/m1/s1. The summed E-state index contributed by atoms with van der Waals surface area (Å²) < 4.78 is 29.1. The van der Waals surface area contributed by atoms with Crippen LogP contribution in [0.5, 0.6) is 0 Å². The summed E-state index contributed by atoms with van der Waals surface area (Å²) in [5.41, 5.74) is 2.68. The second-order valence-electron chi connectivity index (χ2n) is 6.87. The number of nitrogens with one attached hydrogen (secondary N) is 1. The minimum atomic E-state index is -0.790. The summed E-state index contributed by atoms with van der Waals surface area (Å²) in [5, 5.41) is 2.90. The molecule has 29 heavy (non-hydrogen) atoms. The van der Waals surface area contributed by atoms with Gasteiger partial charge in [0, 0.05) is 25.1 Å². The molecule has 4 nitrogen and oxygen atoms in total. The van der Waals surface area contributed by atoms with Gasteiger partial charge in [0.05, 0.1) is 17.1 Å². The molecule has 0 aliphatic carbocycles. The van der Waals surface area contributed by atoms with Crippen LogP contribution >= 0.6 is 0 Å². The number of fused-ring (bicyclic) bond motifs is 1. The van der Waals surface area contributed by atoms with E-state index in [1.165, 1.54) is 0 Å². The topological polar surface area (TPSA) is 46.9 Å². The third kappa shape index (κ3) is 4.01. The molecule has 0 fully saturated rings. The van der Waals surface area contributed by atoms with E-state index in [1.807, 2.05) is 66.2 Å². The average Bonchev–Trinajstić information content (AvgIpc) is 3.03. The van der Waals surface area contributed by atoms with Crippen molar-refractivity contribution in [2.75, 3.05) is 0 Å². The molecular weight excluding hydrogens is 372 g/mol. The van der Waals surface area contributed by atoms with Crippen LogP contribution in [0.1, 0.15) is 27.8 Å². The normalized spacial score (nSPS) is 12.1. The molecule has 0 aliphatic rings. The molecule has 146 valence electrons. The molecule has 4 aromatic rings. The SMILES string of the molecule is Cn1c(C[C@@H](NC(=O)c2cc(F)cc(F)c2)c2ccccc2)nc2ccccc21. The Kier molecular flexibility index (Phi) is 5.08. The van der Waals surface area contributed by atoms with Crippen molar-refractivity contribution < 1.29 is 13.6 Å². The summed E-state index contributed by atoms with van der Waals surface area (Å²) >= 11 is 0. The van der Waals surface area contributed by atoms with Crippen LogP contribution in [0.25, 0.3) is 11.0 Å². The Morgan fingerprint density at radius 1 is 1.00 bits per heavy atom. The van der Waals surface area contributed by atoms with Gasteiger partial charge in [-0.15, -0.1) is 0 Å². The number of carbonyl (C=O) groups excluding carboxylic acids is 1. The van der Waals surface area contributed by atoms with Crippen molar-refractivity contribution in [3.8, 4) is 0 Å². The van der Waals surface area contributed by atoms with E-state index in [0.29, 0.717) is 6.42 Å². The molecule has 3 aromatic carbocycles. The highest BCUT2D eigenvalue weighted by Gasteiger charge is 2.20. The Balaban J connectivity index is 1.66. The molecule has 0 spiro atoms. The maximum absolute atomic E-state index is 13.5. The molecular formula is C23H19F2N3O. The Morgan fingerprint density at radius 3 is 2.34 bits per heavy atom. The lowest BCUT2D eigenvalue weighted by atomic mass is 10.0. The van der Waals surface area contributed by atoms with Gasteiger partial charge in [-0.2, -0.15) is 0 Å². The first-order chi connectivity index (χ1) is 14.0. The van der Waals surface area contributed by atoms with Crippen LogP contribution in [0.15, 0.2) is 72.8 Å². The van der Waals surface area contributed by atoms with Crippen LogP contribution in [0, 0.1) is 11.6 Å². The maximum Gasteiger partial charge on any atom is 0.251 e. The van der Waals surface area contributed by atoms with Crippen LogP contribution in [0.3, 0.4) is 0 Å². The lowest BCUT2D eigenvalue weighted by Crippen LogP contribution is -2.30. The first kappa shape index (κ1) is 18.8. The predicted molar refractivity (Wildman–Crippen MR) is 107 cm³/mol. The Bertz CT molecular complexity index is 1150. The van der Waals surface area contributed by atoms with Crippen molar-refractivity contribution in [3.63, 3.8) is 0 Å². The molecule has 0 aliphatic heterocycles. The Hall–Kier alpha value is -3.54. The quantitative estimate of drug-likeness (QED) is 0.542. The second-order valence-corrected chi connectivity index (χ2v) is 6.87. The second kappa shape index (κ2) is 7.83. The van der Waals surface area contributed by atoms with Gasteiger partial charge in [-0.05, 0) is 29.8 Å². The van der Waals surface area contributed by atoms with Crippen molar-refractivity contribution in [1.82, 2.24) is 14.9 Å². The largest absolute Gasteiger partial charge is 0.345 e. The van der Waals surface area contributed by atoms with Crippen molar-refractivity contribution >= 4 is 16.9 Å². The number of hydrogen-bond donors (Lipinski definition) is 1. The zero-order valence-corrected chi connectivity index (χ0v) is 15.8. The number of hydrogen-bond acceptors (Lipinski definition) is 2. The molecule has 0 radical (unpaired) electrons. The number of para-hydroxylation sites is 2. The molecule has 1 heterocycles. The lowest BCUT2D eigenvalue weighted by Gasteiger charge is -2.19. The predicted octanol–water partition coefficient (Wildman–Crippen LogP) is 4.57. The number of aromatic nitrogens is 2. The van der Waals surface area contributed by atoms with E-state index in [4.69, 9.17) is 0 Å². The van der Waals surface area contributed by atoms with Crippen LogP contribution in [-0.2, 0) is 13.5 Å². The minimum Gasteiger partial charge on any atom is -0.345 e. The van der Waals surface area contributed by atoms with Gasteiger partial charge >= 0.3 is 0 Å².